The fourth-order valence-corrected chi connectivity index (χ4v) is 4.63. The lowest BCUT2D eigenvalue weighted by molar-refractivity contribution is -0.133. The SMILES string of the molecule is Cl.Cl.O=C(CC1CSCCN1)N1CCCC(N2CCCC2)C1. The molecule has 22 heavy (non-hydrogen) atoms. The van der Waals surface area contributed by atoms with Crippen LogP contribution in [0.25, 0.3) is 0 Å². The third kappa shape index (κ3) is 5.45. The van der Waals surface area contributed by atoms with E-state index in [2.05, 4.69) is 15.1 Å². The maximum absolute atomic E-state index is 12.5. The van der Waals surface area contributed by atoms with Crippen molar-refractivity contribution in [2.75, 3.05) is 44.2 Å². The Morgan fingerprint density at radius 1 is 1.14 bits per heavy atom. The number of hydrogen-bond donors (Lipinski definition) is 1. The Bertz CT molecular complexity index is 337. The van der Waals surface area contributed by atoms with Gasteiger partial charge in [0.05, 0.1) is 0 Å². The van der Waals surface area contributed by atoms with Crippen LogP contribution in [0.4, 0.5) is 0 Å². The minimum atomic E-state index is 0. The van der Waals surface area contributed by atoms with Crippen LogP contribution in [0.1, 0.15) is 32.1 Å². The second-order valence-electron chi connectivity index (χ2n) is 6.31. The topological polar surface area (TPSA) is 35.6 Å². The average molecular weight is 370 g/mol. The number of halogens is 2. The van der Waals surface area contributed by atoms with Crippen LogP contribution in [-0.4, -0.2) is 72.0 Å². The zero-order valence-corrected chi connectivity index (χ0v) is 15.6. The number of thioether (sulfide) groups is 1. The van der Waals surface area contributed by atoms with Gasteiger partial charge in [-0.25, -0.2) is 0 Å². The van der Waals surface area contributed by atoms with E-state index in [9.17, 15) is 4.79 Å². The molecule has 3 aliphatic rings. The summed E-state index contributed by atoms with van der Waals surface area (Å²) >= 11 is 1.97. The van der Waals surface area contributed by atoms with Gasteiger partial charge in [-0.05, 0) is 38.8 Å². The second kappa shape index (κ2) is 10.2. The van der Waals surface area contributed by atoms with Gasteiger partial charge in [0, 0.05) is 49.6 Å². The molecule has 3 fully saturated rings. The summed E-state index contributed by atoms with van der Waals surface area (Å²) in [6.07, 6.45) is 5.84. The number of rotatable bonds is 3. The van der Waals surface area contributed by atoms with E-state index in [1.54, 1.807) is 0 Å². The zero-order valence-electron chi connectivity index (χ0n) is 13.2. The summed E-state index contributed by atoms with van der Waals surface area (Å²) in [6, 6.07) is 1.03. The minimum Gasteiger partial charge on any atom is -0.341 e. The summed E-state index contributed by atoms with van der Waals surface area (Å²) in [5.41, 5.74) is 0. The molecule has 1 N–H and O–H groups in total. The summed E-state index contributed by atoms with van der Waals surface area (Å²) in [5.74, 6) is 2.65. The molecule has 0 bridgehead atoms. The standard InChI is InChI=1S/C15H27N3OS.2ClH/c19-15(10-13-12-20-9-5-16-13)18-8-3-4-14(11-18)17-6-1-2-7-17;;/h13-14,16H,1-12H2;2*1H. The summed E-state index contributed by atoms with van der Waals surface area (Å²) < 4.78 is 0. The summed E-state index contributed by atoms with van der Waals surface area (Å²) in [4.78, 5) is 17.2. The molecule has 0 aliphatic carbocycles. The summed E-state index contributed by atoms with van der Waals surface area (Å²) in [7, 11) is 0. The van der Waals surface area contributed by atoms with E-state index in [4.69, 9.17) is 0 Å². The van der Waals surface area contributed by atoms with Crippen molar-refractivity contribution in [3.63, 3.8) is 0 Å². The smallest absolute Gasteiger partial charge is 0.224 e. The number of piperidine rings is 1. The highest BCUT2D eigenvalue weighted by Gasteiger charge is 2.30. The molecular formula is C15H29Cl2N3OS. The first-order valence-corrected chi connectivity index (χ1v) is 9.31. The van der Waals surface area contributed by atoms with Crippen molar-refractivity contribution in [1.82, 2.24) is 15.1 Å². The number of amides is 1. The van der Waals surface area contributed by atoms with Gasteiger partial charge in [0.15, 0.2) is 0 Å². The predicted octanol–water partition coefficient (Wildman–Crippen LogP) is 2.01. The number of nitrogens with one attached hydrogen (secondary N) is 1. The van der Waals surface area contributed by atoms with Crippen LogP contribution in [-0.2, 0) is 4.79 Å². The van der Waals surface area contributed by atoms with Gasteiger partial charge >= 0.3 is 0 Å². The molecular weight excluding hydrogens is 341 g/mol. The molecule has 130 valence electrons. The molecule has 0 aromatic carbocycles. The maximum Gasteiger partial charge on any atom is 0.224 e. The number of carbonyl (C=O) groups excluding carboxylic acids is 1. The molecule has 0 spiro atoms. The molecule has 0 saturated carbocycles. The average Bonchev–Trinajstić information content (AvgIpc) is 3.03. The number of carbonyl (C=O) groups is 1. The van der Waals surface area contributed by atoms with E-state index in [1.807, 2.05) is 11.8 Å². The largest absolute Gasteiger partial charge is 0.341 e. The molecule has 3 rings (SSSR count). The van der Waals surface area contributed by atoms with Gasteiger partial charge in [-0.2, -0.15) is 11.8 Å². The molecule has 2 atom stereocenters. The first kappa shape index (κ1) is 20.4. The van der Waals surface area contributed by atoms with Crippen LogP contribution < -0.4 is 5.32 Å². The van der Waals surface area contributed by atoms with Crippen molar-refractivity contribution in [1.29, 1.82) is 0 Å². The van der Waals surface area contributed by atoms with Gasteiger partial charge < -0.3 is 10.2 Å². The van der Waals surface area contributed by atoms with Gasteiger partial charge in [0.2, 0.25) is 5.91 Å². The van der Waals surface area contributed by atoms with E-state index >= 15 is 0 Å². The Labute approximate surface area is 150 Å². The van der Waals surface area contributed by atoms with Crippen LogP contribution in [0, 0.1) is 0 Å². The predicted molar refractivity (Wildman–Crippen MR) is 98.6 cm³/mol. The highest BCUT2D eigenvalue weighted by Crippen LogP contribution is 2.21. The first-order chi connectivity index (χ1) is 9.83. The molecule has 0 radical (unpaired) electrons. The third-order valence-corrected chi connectivity index (χ3v) is 5.96. The molecule has 1 amide bonds. The normalized spacial score (nSPS) is 29.5. The molecule has 0 aromatic heterocycles. The first-order valence-electron chi connectivity index (χ1n) is 8.16. The Morgan fingerprint density at radius 2 is 1.91 bits per heavy atom. The van der Waals surface area contributed by atoms with E-state index in [0.717, 1.165) is 25.4 Å². The van der Waals surface area contributed by atoms with Crippen molar-refractivity contribution < 1.29 is 4.79 Å². The molecule has 3 saturated heterocycles. The zero-order chi connectivity index (χ0) is 13.8. The van der Waals surface area contributed by atoms with Crippen molar-refractivity contribution in [2.24, 2.45) is 0 Å². The number of hydrogen-bond acceptors (Lipinski definition) is 4. The maximum atomic E-state index is 12.5. The van der Waals surface area contributed by atoms with Gasteiger partial charge in [-0.3, -0.25) is 9.69 Å². The quantitative estimate of drug-likeness (QED) is 0.825. The number of nitrogens with zero attached hydrogens (tertiary/aromatic N) is 2. The second-order valence-corrected chi connectivity index (χ2v) is 7.46. The highest BCUT2D eigenvalue weighted by molar-refractivity contribution is 7.99. The van der Waals surface area contributed by atoms with Crippen molar-refractivity contribution in [2.45, 2.75) is 44.2 Å². The molecule has 3 heterocycles. The molecule has 0 aromatic rings. The van der Waals surface area contributed by atoms with E-state index in [1.165, 1.54) is 44.5 Å². The Balaban J connectivity index is 0.00000121. The lowest BCUT2D eigenvalue weighted by Gasteiger charge is -2.38. The third-order valence-electron chi connectivity index (χ3n) is 4.83. The van der Waals surface area contributed by atoms with Crippen molar-refractivity contribution in [3.8, 4) is 0 Å². The Kier molecular flexibility index (Phi) is 9.48. The van der Waals surface area contributed by atoms with E-state index in [-0.39, 0.29) is 24.8 Å². The molecule has 2 unspecified atom stereocenters. The Hall–Kier alpha value is 0.320. The summed E-state index contributed by atoms with van der Waals surface area (Å²) in [6.45, 7) is 5.49. The minimum absolute atomic E-state index is 0. The molecule has 3 aliphatic heterocycles. The lowest BCUT2D eigenvalue weighted by Crippen LogP contribution is -2.50. The van der Waals surface area contributed by atoms with Gasteiger partial charge in [0.1, 0.15) is 0 Å². The van der Waals surface area contributed by atoms with Gasteiger partial charge in [0.25, 0.3) is 0 Å². The fraction of sp³-hybridized carbons (Fsp3) is 0.933. The fourth-order valence-electron chi connectivity index (χ4n) is 3.68. The van der Waals surface area contributed by atoms with Crippen LogP contribution in [0.15, 0.2) is 0 Å². The Morgan fingerprint density at radius 3 is 2.59 bits per heavy atom. The highest BCUT2D eigenvalue weighted by atomic mass is 35.5. The number of likely N-dealkylation sites (tertiary alicyclic amines) is 2. The van der Waals surface area contributed by atoms with Crippen LogP contribution in [0.3, 0.4) is 0 Å². The van der Waals surface area contributed by atoms with E-state index in [0.29, 0.717) is 24.4 Å². The molecule has 4 nitrogen and oxygen atoms in total. The monoisotopic (exact) mass is 369 g/mol. The van der Waals surface area contributed by atoms with Crippen LogP contribution >= 0.6 is 36.6 Å². The lowest BCUT2D eigenvalue weighted by atomic mass is 10.0. The van der Waals surface area contributed by atoms with Crippen molar-refractivity contribution in [3.05, 3.63) is 0 Å². The van der Waals surface area contributed by atoms with Gasteiger partial charge in [-0.1, -0.05) is 0 Å². The van der Waals surface area contributed by atoms with Crippen LogP contribution in [0.5, 0.6) is 0 Å². The van der Waals surface area contributed by atoms with Crippen molar-refractivity contribution >= 4 is 42.5 Å². The van der Waals surface area contributed by atoms with Crippen LogP contribution in [0.2, 0.25) is 0 Å². The molecule has 7 heteroatoms. The van der Waals surface area contributed by atoms with Gasteiger partial charge in [-0.15, -0.1) is 24.8 Å². The summed E-state index contributed by atoms with van der Waals surface area (Å²) in [5, 5.41) is 3.48. The van der Waals surface area contributed by atoms with E-state index < -0.39 is 0 Å².